The number of esters is 3. The van der Waals surface area contributed by atoms with Gasteiger partial charge in [0.15, 0.2) is 11.5 Å². The largest absolute Gasteiger partial charge is 0.423 e. The van der Waals surface area contributed by atoms with Crippen LogP contribution in [0, 0.1) is 0 Å². The Morgan fingerprint density at radius 1 is 0.909 bits per heavy atom. The van der Waals surface area contributed by atoms with Crippen molar-refractivity contribution >= 4 is 28.7 Å². The fraction of sp³-hybridized carbons (Fsp3) is 0.200. The van der Waals surface area contributed by atoms with Crippen LogP contribution in [0.5, 0.6) is 17.2 Å². The predicted octanol–water partition coefficient (Wildman–Crippen LogP) is 2.01. The summed E-state index contributed by atoms with van der Waals surface area (Å²) in [6.07, 6.45) is 2.99. The minimum Gasteiger partial charge on any atom is -0.423 e. The Bertz CT molecular complexity index is 768. The number of rotatable bonds is 3. The molecule has 1 aromatic heterocycles. The van der Waals surface area contributed by atoms with E-state index in [0.29, 0.717) is 10.8 Å². The second-order valence-electron chi connectivity index (χ2n) is 4.41. The predicted molar refractivity (Wildman–Crippen MR) is 75.7 cm³/mol. The maximum atomic E-state index is 11.3. The third kappa shape index (κ3) is 3.38. The summed E-state index contributed by atoms with van der Waals surface area (Å²) in [6.45, 7) is 3.60. The molecule has 0 saturated heterocycles. The maximum Gasteiger partial charge on any atom is 0.308 e. The molecular weight excluding hydrogens is 290 g/mol. The van der Waals surface area contributed by atoms with E-state index in [-0.39, 0.29) is 17.2 Å². The summed E-state index contributed by atoms with van der Waals surface area (Å²) < 4.78 is 15.2. The standard InChI is InChI=1S/C15H13NO6/c1-8(17)20-13-6-11-4-5-16-7-12(11)14(21-9(2)18)15(13)22-10(3)19/h4-7H,1-3H3. The SMILES string of the molecule is CC(=O)Oc1cc2ccncc2c(OC(C)=O)c1OC(C)=O. The monoisotopic (exact) mass is 303 g/mol. The summed E-state index contributed by atoms with van der Waals surface area (Å²) in [5, 5.41) is 1.06. The number of pyridine rings is 1. The van der Waals surface area contributed by atoms with Crippen molar-refractivity contribution in [1.29, 1.82) is 0 Å². The van der Waals surface area contributed by atoms with Crippen LogP contribution in [-0.4, -0.2) is 22.9 Å². The Hall–Kier alpha value is -2.96. The first-order valence-electron chi connectivity index (χ1n) is 6.34. The van der Waals surface area contributed by atoms with Crippen LogP contribution in [0.25, 0.3) is 10.8 Å². The molecule has 7 nitrogen and oxygen atoms in total. The van der Waals surface area contributed by atoms with Gasteiger partial charge in [0.25, 0.3) is 0 Å². The Labute approximate surface area is 125 Å². The van der Waals surface area contributed by atoms with Gasteiger partial charge < -0.3 is 14.2 Å². The first-order chi connectivity index (χ1) is 10.4. The fourth-order valence-electron chi connectivity index (χ4n) is 1.88. The molecule has 114 valence electrons. The van der Waals surface area contributed by atoms with Gasteiger partial charge in [-0.3, -0.25) is 19.4 Å². The van der Waals surface area contributed by atoms with Gasteiger partial charge >= 0.3 is 17.9 Å². The third-order valence-electron chi connectivity index (χ3n) is 2.56. The minimum atomic E-state index is -0.648. The van der Waals surface area contributed by atoms with E-state index >= 15 is 0 Å². The van der Waals surface area contributed by atoms with Gasteiger partial charge in [0.05, 0.1) is 0 Å². The molecule has 7 heteroatoms. The number of hydrogen-bond donors (Lipinski definition) is 0. The highest BCUT2D eigenvalue weighted by Crippen LogP contribution is 2.43. The number of ether oxygens (including phenoxy) is 3. The molecule has 0 bridgehead atoms. The van der Waals surface area contributed by atoms with Gasteiger partial charge in [-0.25, -0.2) is 0 Å². The fourth-order valence-corrected chi connectivity index (χ4v) is 1.88. The molecule has 0 saturated carbocycles. The van der Waals surface area contributed by atoms with Crippen molar-refractivity contribution in [2.75, 3.05) is 0 Å². The normalized spacial score (nSPS) is 10.1. The van der Waals surface area contributed by atoms with Crippen molar-refractivity contribution in [3.63, 3.8) is 0 Å². The Kier molecular flexibility index (Phi) is 4.36. The van der Waals surface area contributed by atoms with E-state index in [4.69, 9.17) is 14.2 Å². The summed E-state index contributed by atoms with van der Waals surface area (Å²) in [6, 6.07) is 3.15. The molecule has 0 spiro atoms. The summed E-state index contributed by atoms with van der Waals surface area (Å²) in [5.74, 6) is -2.04. The average molecular weight is 303 g/mol. The number of carbonyl (C=O) groups is 3. The van der Waals surface area contributed by atoms with Gasteiger partial charge in [-0.1, -0.05) is 0 Å². The van der Waals surface area contributed by atoms with Crippen LogP contribution in [0.15, 0.2) is 24.5 Å². The topological polar surface area (TPSA) is 91.8 Å². The summed E-state index contributed by atoms with van der Waals surface area (Å²) in [5.41, 5.74) is 0. The molecule has 0 radical (unpaired) electrons. The van der Waals surface area contributed by atoms with Gasteiger partial charge in [-0.05, 0) is 17.5 Å². The van der Waals surface area contributed by atoms with E-state index in [2.05, 4.69) is 4.98 Å². The van der Waals surface area contributed by atoms with Gasteiger partial charge in [0.2, 0.25) is 5.75 Å². The summed E-state index contributed by atoms with van der Waals surface area (Å²) in [4.78, 5) is 37.8. The molecule has 2 aromatic rings. The number of aromatic nitrogens is 1. The van der Waals surface area contributed by atoms with Crippen LogP contribution in [0.2, 0.25) is 0 Å². The maximum absolute atomic E-state index is 11.3. The first-order valence-corrected chi connectivity index (χ1v) is 6.34. The molecule has 0 aliphatic heterocycles. The Morgan fingerprint density at radius 3 is 2.09 bits per heavy atom. The van der Waals surface area contributed by atoms with Crippen LogP contribution in [0.3, 0.4) is 0 Å². The molecule has 22 heavy (non-hydrogen) atoms. The molecular formula is C15H13NO6. The summed E-state index contributed by atoms with van der Waals surface area (Å²) >= 11 is 0. The van der Waals surface area contributed by atoms with Crippen LogP contribution < -0.4 is 14.2 Å². The molecule has 0 aliphatic carbocycles. The molecule has 0 N–H and O–H groups in total. The number of nitrogens with zero attached hydrogens (tertiary/aromatic N) is 1. The smallest absolute Gasteiger partial charge is 0.308 e. The number of hydrogen-bond acceptors (Lipinski definition) is 7. The quantitative estimate of drug-likeness (QED) is 0.632. The van der Waals surface area contributed by atoms with Crippen LogP contribution in [0.1, 0.15) is 20.8 Å². The highest BCUT2D eigenvalue weighted by atomic mass is 16.6. The van der Waals surface area contributed by atoms with Crippen molar-refractivity contribution in [2.24, 2.45) is 0 Å². The second kappa shape index (κ2) is 6.21. The molecule has 2 rings (SSSR count). The molecule has 0 amide bonds. The van der Waals surface area contributed by atoms with Gasteiger partial charge in [-0.15, -0.1) is 0 Å². The van der Waals surface area contributed by atoms with Gasteiger partial charge in [-0.2, -0.15) is 0 Å². The van der Waals surface area contributed by atoms with Crippen molar-refractivity contribution in [2.45, 2.75) is 20.8 Å². The lowest BCUT2D eigenvalue weighted by Crippen LogP contribution is -2.11. The van der Waals surface area contributed by atoms with E-state index in [1.165, 1.54) is 39.2 Å². The lowest BCUT2D eigenvalue weighted by Gasteiger charge is -2.15. The zero-order valence-electron chi connectivity index (χ0n) is 12.2. The number of benzene rings is 1. The number of fused-ring (bicyclic) bond motifs is 1. The zero-order chi connectivity index (χ0) is 16.3. The highest BCUT2D eigenvalue weighted by Gasteiger charge is 2.22. The highest BCUT2D eigenvalue weighted by molar-refractivity contribution is 5.95. The first kappa shape index (κ1) is 15.4. The lowest BCUT2D eigenvalue weighted by molar-refractivity contribution is -0.135. The van der Waals surface area contributed by atoms with E-state index in [1.807, 2.05) is 0 Å². The average Bonchev–Trinajstić information content (AvgIpc) is 2.41. The molecule has 1 aromatic carbocycles. The Balaban J connectivity index is 2.76. The number of carbonyl (C=O) groups excluding carboxylic acids is 3. The van der Waals surface area contributed by atoms with Crippen LogP contribution >= 0.6 is 0 Å². The van der Waals surface area contributed by atoms with Crippen molar-refractivity contribution in [3.8, 4) is 17.2 Å². The molecule has 0 aliphatic rings. The Morgan fingerprint density at radius 2 is 1.50 bits per heavy atom. The zero-order valence-corrected chi connectivity index (χ0v) is 12.2. The molecule has 0 unspecified atom stereocenters. The van der Waals surface area contributed by atoms with E-state index in [0.717, 1.165) is 0 Å². The molecule has 1 heterocycles. The molecule has 0 fully saturated rings. The van der Waals surface area contributed by atoms with Crippen molar-refractivity contribution in [3.05, 3.63) is 24.5 Å². The van der Waals surface area contributed by atoms with Gasteiger partial charge in [0.1, 0.15) is 0 Å². The second-order valence-corrected chi connectivity index (χ2v) is 4.41. The third-order valence-corrected chi connectivity index (χ3v) is 2.56. The van der Waals surface area contributed by atoms with Crippen LogP contribution in [0.4, 0.5) is 0 Å². The van der Waals surface area contributed by atoms with Crippen molar-refractivity contribution < 1.29 is 28.6 Å². The van der Waals surface area contributed by atoms with Crippen LogP contribution in [-0.2, 0) is 14.4 Å². The summed E-state index contributed by atoms with van der Waals surface area (Å²) in [7, 11) is 0. The van der Waals surface area contributed by atoms with E-state index in [9.17, 15) is 14.4 Å². The van der Waals surface area contributed by atoms with Gasteiger partial charge in [0, 0.05) is 38.6 Å². The van der Waals surface area contributed by atoms with Crippen molar-refractivity contribution in [1.82, 2.24) is 4.98 Å². The van der Waals surface area contributed by atoms with E-state index in [1.54, 1.807) is 6.07 Å². The lowest BCUT2D eigenvalue weighted by atomic mass is 10.1. The minimum absolute atomic E-state index is 0.0161. The molecule has 0 atom stereocenters. The van der Waals surface area contributed by atoms with E-state index < -0.39 is 17.9 Å².